The molecule has 0 saturated heterocycles. The number of aliphatic hydroxyl groups is 1. The summed E-state index contributed by atoms with van der Waals surface area (Å²) >= 11 is 0. The smallest absolute Gasteiger partial charge is 0.122 e. The number of rotatable bonds is 3. The molecule has 0 saturated carbocycles. The van der Waals surface area contributed by atoms with Crippen molar-refractivity contribution in [3.05, 3.63) is 65.2 Å². The van der Waals surface area contributed by atoms with E-state index in [1.807, 2.05) is 30.3 Å². The van der Waals surface area contributed by atoms with Gasteiger partial charge in [-0.3, -0.25) is 0 Å². The van der Waals surface area contributed by atoms with Crippen LogP contribution in [0, 0.1) is 0 Å². The first-order valence-corrected chi connectivity index (χ1v) is 7.58. The van der Waals surface area contributed by atoms with Crippen LogP contribution in [0.15, 0.2) is 48.5 Å². The monoisotopic (exact) mass is 282 g/mol. The van der Waals surface area contributed by atoms with Crippen LogP contribution in [-0.4, -0.2) is 12.2 Å². The molecule has 0 bridgehead atoms. The van der Waals surface area contributed by atoms with Crippen molar-refractivity contribution >= 4 is 0 Å². The number of methoxy groups -OCH3 is 1. The lowest BCUT2D eigenvalue weighted by Crippen LogP contribution is -2.34. The van der Waals surface area contributed by atoms with Gasteiger partial charge in [-0.05, 0) is 41.5 Å². The molecular weight excluding hydrogens is 260 g/mol. The second-order valence-corrected chi connectivity index (χ2v) is 6.05. The molecule has 3 rings (SSSR count). The summed E-state index contributed by atoms with van der Waals surface area (Å²) in [5.74, 6) is 1.36. The number of para-hydroxylation sites is 1. The van der Waals surface area contributed by atoms with E-state index >= 15 is 0 Å². The second-order valence-electron chi connectivity index (χ2n) is 6.05. The van der Waals surface area contributed by atoms with E-state index in [-0.39, 0.29) is 0 Å². The Morgan fingerprint density at radius 3 is 2.67 bits per heavy atom. The molecule has 2 nitrogen and oxygen atoms in total. The summed E-state index contributed by atoms with van der Waals surface area (Å²) in [4.78, 5) is 0. The Labute approximate surface area is 126 Å². The van der Waals surface area contributed by atoms with Gasteiger partial charge in [-0.15, -0.1) is 0 Å². The van der Waals surface area contributed by atoms with E-state index in [0.717, 1.165) is 29.7 Å². The van der Waals surface area contributed by atoms with Gasteiger partial charge in [0.1, 0.15) is 5.75 Å². The van der Waals surface area contributed by atoms with Crippen molar-refractivity contribution in [1.82, 2.24) is 0 Å². The molecular formula is C19H22O2. The average molecular weight is 282 g/mol. The highest BCUT2D eigenvalue weighted by molar-refractivity contribution is 5.41. The molecule has 1 aliphatic carbocycles. The van der Waals surface area contributed by atoms with Gasteiger partial charge in [-0.1, -0.05) is 49.4 Å². The Morgan fingerprint density at radius 2 is 1.86 bits per heavy atom. The fraction of sp³-hybridized carbons (Fsp3) is 0.368. The van der Waals surface area contributed by atoms with Gasteiger partial charge in [0, 0.05) is 6.42 Å². The molecule has 0 spiro atoms. The largest absolute Gasteiger partial charge is 0.496 e. The zero-order valence-electron chi connectivity index (χ0n) is 12.7. The first-order valence-electron chi connectivity index (χ1n) is 7.58. The van der Waals surface area contributed by atoms with E-state index in [9.17, 15) is 5.11 Å². The van der Waals surface area contributed by atoms with Crippen LogP contribution in [0.2, 0.25) is 0 Å². The summed E-state index contributed by atoms with van der Waals surface area (Å²) in [7, 11) is 1.68. The summed E-state index contributed by atoms with van der Waals surface area (Å²) < 4.78 is 5.43. The molecule has 2 unspecified atom stereocenters. The molecule has 2 heteroatoms. The summed E-state index contributed by atoms with van der Waals surface area (Å²) in [6, 6.07) is 16.2. The molecule has 2 aromatic carbocycles. The van der Waals surface area contributed by atoms with E-state index < -0.39 is 5.60 Å². The molecule has 1 N–H and O–H groups in total. The Morgan fingerprint density at radius 1 is 1.14 bits per heavy atom. The van der Waals surface area contributed by atoms with E-state index in [4.69, 9.17) is 4.74 Å². The summed E-state index contributed by atoms with van der Waals surface area (Å²) in [5, 5.41) is 11.3. The van der Waals surface area contributed by atoms with Crippen molar-refractivity contribution in [1.29, 1.82) is 0 Å². The molecule has 0 radical (unpaired) electrons. The molecule has 0 aliphatic heterocycles. The van der Waals surface area contributed by atoms with E-state index in [1.165, 1.54) is 5.56 Å². The molecule has 21 heavy (non-hydrogen) atoms. The number of hydrogen-bond donors (Lipinski definition) is 1. The normalized spacial score (nSPS) is 24.4. The lowest BCUT2D eigenvalue weighted by Gasteiger charge is -2.37. The van der Waals surface area contributed by atoms with Crippen LogP contribution in [0.25, 0.3) is 0 Å². The summed E-state index contributed by atoms with van der Waals surface area (Å²) in [6.45, 7) is 2.24. The Balaban J connectivity index is 2.00. The SMILES string of the molecule is COc1ccccc1CC1(O)CCC(C)c2ccccc21. The fourth-order valence-electron chi connectivity index (χ4n) is 3.44. The lowest BCUT2D eigenvalue weighted by atomic mass is 9.72. The van der Waals surface area contributed by atoms with Crippen LogP contribution in [0.5, 0.6) is 5.75 Å². The van der Waals surface area contributed by atoms with Crippen LogP contribution < -0.4 is 4.74 Å². The van der Waals surface area contributed by atoms with Crippen molar-refractivity contribution in [2.45, 2.75) is 37.7 Å². The quantitative estimate of drug-likeness (QED) is 0.921. The minimum atomic E-state index is -0.794. The van der Waals surface area contributed by atoms with Gasteiger partial charge in [0.25, 0.3) is 0 Å². The average Bonchev–Trinajstić information content (AvgIpc) is 2.52. The number of fused-ring (bicyclic) bond motifs is 1. The van der Waals surface area contributed by atoms with Gasteiger partial charge in [0.15, 0.2) is 0 Å². The Bertz CT molecular complexity index is 635. The number of ether oxygens (including phenoxy) is 1. The molecule has 1 aliphatic rings. The second kappa shape index (κ2) is 5.53. The van der Waals surface area contributed by atoms with Gasteiger partial charge in [-0.25, -0.2) is 0 Å². The third-order valence-corrected chi connectivity index (χ3v) is 4.66. The van der Waals surface area contributed by atoms with Gasteiger partial charge in [0.05, 0.1) is 12.7 Å². The molecule has 2 aromatic rings. The summed E-state index contributed by atoms with van der Waals surface area (Å²) in [5.41, 5.74) is 2.63. The van der Waals surface area contributed by atoms with Crippen molar-refractivity contribution in [2.75, 3.05) is 7.11 Å². The predicted molar refractivity (Wildman–Crippen MR) is 84.7 cm³/mol. The molecule has 110 valence electrons. The third kappa shape index (κ3) is 2.56. The molecule has 0 fully saturated rings. The summed E-state index contributed by atoms with van der Waals surface area (Å²) in [6.07, 6.45) is 2.41. The first-order chi connectivity index (χ1) is 10.1. The Kier molecular flexibility index (Phi) is 3.73. The highest BCUT2D eigenvalue weighted by Crippen LogP contribution is 2.43. The Hall–Kier alpha value is -1.80. The highest BCUT2D eigenvalue weighted by Gasteiger charge is 2.37. The zero-order chi connectivity index (χ0) is 14.9. The molecule has 2 atom stereocenters. The van der Waals surface area contributed by atoms with Crippen molar-refractivity contribution in [3.8, 4) is 5.75 Å². The fourth-order valence-corrected chi connectivity index (χ4v) is 3.44. The van der Waals surface area contributed by atoms with Crippen LogP contribution in [-0.2, 0) is 12.0 Å². The number of benzene rings is 2. The van der Waals surface area contributed by atoms with Crippen LogP contribution in [0.1, 0.15) is 42.4 Å². The highest BCUT2D eigenvalue weighted by atomic mass is 16.5. The minimum absolute atomic E-state index is 0.513. The van der Waals surface area contributed by atoms with Crippen molar-refractivity contribution < 1.29 is 9.84 Å². The predicted octanol–water partition coefficient (Wildman–Crippen LogP) is 4.02. The van der Waals surface area contributed by atoms with Gasteiger partial charge >= 0.3 is 0 Å². The molecule has 0 amide bonds. The maximum atomic E-state index is 11.3. The van der Waals surface area contributed by atoms with Crippen LogP contribution in [0.4, 0.5) is 0 Å². The van der Waals surface area contributed by atoms with Crippen LogP contribution in [0.3, 0.4) is 0 Å². The molecule has 0 aromatic heterocycles. The van der Waals surface area contributed by atoms with Crippen LogP contribution >= 0.6 is 0 Å². The topological polar surface area (TPSA) is 29.5 Å². The van der Waals surface area contributed by atoms with E-state index in [0.29, 0.717) is 12.3 Å². The molecule has 0 heterocycles. The van der Waals surface area contributed by atoms with E-state index in [2.05, 4.69) is 25.1 Å². The number of hydrogen-bond acceptors (Lipinski definition) is 2. The maximum absolute atomic E-state index is 11.3. The standard InChI is InChI=1S/C19H22O2/c1-14-11-12-19(20,17-9-5-4-8-16(14)17)13-15-7-3-6-10-18(15)21-2/h3-10,14,20H,11-13H2,1-2H3. The van der Waals surface area contributed by atoms with E-state index in [1.54, 1.807) is 7.11 Å². The van der Waals surface area contributed by atoms with Gasteiger partial charge in [-0.2, -0.15) is 0 Å². The van der Waals surface area contributed by atoms with Gasteiger partial charge in [0.2, 0.25) is 0 Å². The maximum Gasteiger partial charge on any atom is 0.122 e. The zero-order valence-corrected chi connectivity index (χ0v) is 12.7. The first kappa shape index (κ1) is 14.2. The van der Waals surface area contributed by atoms with Crippen molar-refractivity contribution in [2.24, 2.45) is 0 Å². The minimum Gasteiger partial charge on any atom is -0.496 e. The van der Waals surface area contributed by atoms with Gasteiger partial charge < -0.3 is 9.84 Å². The third-order valence-electron chi connectivity index (χ3n) is 4.66. The van der Waals surface area contributed by atoms with Crippen molar-refractivity contribution in [3.63, 3.8) is 0 Å². The lowest BCUT2D eigenvalue weighted by molar-refractivity contribution is 0.0154.